The first kappa shape index (κ1) is 15.6. The van der Waals surface area contributed by atoms with E-state index in [1.807, 2.05) is 30.3 Å². The number of hydrogen-bond acceptors (Lipinski definition) is 5. The van der Waals surface area contributed by atoms with Gasteiger partial charge in [0, 0.05) is 0 Å². The maximum absolute atomic E-state index is 10.8. The normalized spacial score (nSPS) is 9.47. The van der Waals surface area contributed by atoms with Crippen LogP contribution in [0, 0.1) is 0 Å². The molecule has 0 fully saturated rings. The highest BCUT2D eigenvalue weighted by molar-refractivity contribution is 5.72. The van der Waals surface area contributed by atoms with Crippen molar-refractivity contribution >= 4 is 5.97 Å². The summed E-state index contributed by atoms with van der Waals surface area (Å²) in [5.41, 5.74) is 0.986. The molecule has 5 nitrogen and oxygen atoms in total. The van der Waals surface area contributed by atoms with Gasteiger partial charge in [0.2, 0.25) is 0 Å². The first-order chi connectivity index (χ1) is 8.13. The highest BCUT2D eigenvalue weighted by atomic mass is 16.5. The molecule has 1 rings (SSSR count). The molecule has 17 heavy (non-hydrogen) atoms. The highest BCUT2D eigenvalue weighted by Crippen LogP contribution is 1.99. The van der Waals surface area contributed by atoms with Crippen LogP contribution >= 0.6 is 0 Å². The fourth-order valence-electron chi connectivity index (χ4n) is 0.892. The van der Waals surface area contributed by atoms with Gasteiger partial charge in [0.1, 0.15) is 6.10 Å². The molecule has 1 aromatic rings. The van der Waals surface area contributed by atoms with Gasteiger partial charge in [0.05, 0.1) is 26.7 Å². The van der Waals surface area contributed by atoms with Crippen LogP contribution in [0.4, 0.5) is 0 Å². The second kappa shape index (κ2) is 9.77. The van der Waals surface area contributed by atoms with Crippen LogP contribution in [0.15, 0.2) is 30.3 Å². The topological polar surface area (TPSA) is 87.0 Å². The fraction of sp³-hybridized carbons (Fsp3) is 0.417. The summed E-state index contributed by atoms with van der Waals surface area (Å²) in [5, 5.41) is 24.0. The van der Waals surface area contributed by atoms with E-state index in [9.17, 15) is 4.79 Å². The second-order valence-electron chi connectivity index (χ2n) is 3.26. The lowest BCUT2D eigenvalue weighted by Gasteiger charge is -1.97. The molecule has 0 saturated carbocycles. The SMILES string of the molecule is COC(=O)Cc1ccccc1.OCC(O)CO. The van der Waals surface area contributed by atoms with Gasteiger partial charge < -0.3 is 20.1 Å². The van der Waals surface area contributed by atoms with E-state index in [2.05, 4.69) is 4.74 Å². The Morgan fingerprint density at radius 2 is 1.76 bits per heavy atom. The Kier molecular flexibility index (Phi) is 8.95. The van der Waals surface area contributed by atoms with Gasteiger partial charge in [-0.25, -0.2) is 0 Å². The molecule has 5 heteroatoms. The summed E-state index contributed by atoms with van der Waals surface area (Å²) in [7, 11) is 1.39. The average Bonchev–Trinajstić information content (AvgIpc) is 2.39. The van der Waals surface area contributed by atoms with Crippen LogP contribution in [0.25, 0.3) is 0 Å². The minimum atomic E-state index is -0.954. The Morgan fingerprint density at radius 1 is 1.24 bits per heavy atom. The number of hydrogen-bond donors (Lipinski definition) is 3. The monoisotopic (exact) mass is 242 g/mol. The van der Waals surface area contributed by atoms with Crippen LogP contribution in [-0.2, 0) is 16.0 Å². The number of carbonyl (C=O) groups is 1. The Labute approximate surface area is 100 Å². The molecule has 0 heterocycles. The predicted molar refractivity (Wildman–Crippen MR) is 62.3 cm³/mol. The molecule has 0 aliphatic heterocycles. The van der Waals surface area contributed by atoms with E-state index in [1.54, 1.807) is 0 Å². The summed E-state index contributed by atoms with van der Waals surface area (Å²) in [6, 6.07) is 9.52. The van der Waals surface area contributed by atoms with Crippen LogP contribution < -0.4 is 0 Å². The van der Waals surface area contributed by atoms with E-state index < -0.39 is 6.10 Å². The number of benzene rings is 1. The summed E-state index contributed by atoms with van der Waals surface area (Å²) in [6.07, 6.45) is -0.595. The molecule has 0 saturated heterocycles. The van der Waals surface area contributed by atoms with Gasteiger partial charge in [-0.2, -0.15) is 0 Å². The van der Waals surface area contributed by atoms with Crippen LogP contribution in [0.5, 0.6) is 0 Å². The number of esters is 1. The second-order valence-corrected chi connectivity index (χ2v) is 3.26. The van der Waals surface area contributed by atoms with E-state index in [4.69, 9.17) is 15.3 Å². The maximum atomic E-state index is 10.8. The smallest absolute Gasteiger partial charge is 0.309 e. The first-order valence-corrected chi connectivity index (χ1v) is 5.14. The largest absolute Gasteiger partial charge is 0.469 e. The molecule has 0 bridgehead atoms. The van der Waals surface area contributed by atoms with E-state index in [0.29, 0.717) is 6.42 Å². The molecule has 96 valence electrons. The standard InChI is InChI=1S/C9H10O2.C3H8O3/c1-11-9(10)7-8-5-3-2-4-6-8;4-1-3(6)2-5/h2-6H,7H2,1H3;3-6H,1-2H2. The van der Waals surface area contributed by atoms with Crippen molar-refractivity contribution in [2.75, 3.05) is 20.3 Å². The lowest BCUT2D eigenvalue weighted by atomic mass is 10.2. The minimum absolute atomic E-state index is 0.198. The van der Waals surface area contributed by atoms with Crippen molar-refractivity contribution in [1.29, 1.82) is 0 Å². The average molecular weight is 242 g/mol. The third-order valence-electron chi connectivity index (χ3n) is 1.84. The van der Waals surface area contributed by atoms with Crippen molar-refractivity contribution in [3.8, 4) is 0 Å². The quantitative estimate of drug-likeness (QED) is 0.633. The van der Waals surface area contributed by atoms with E-state index in [-0.39, 0.29) is 19.2 Å². The van der Waals surface area contributed by atoms with Crippen molar-refractivity contribution in [2.24, 2.45) is 0 Å². The molecule has 1 aromatic carbocycles. The molecule has 0 atom stereocenters. The Hall–Kier alpha value is -1.43. The molecular weight excluding hydrogens is 224 g/mol. The van der Waals surface area contributed by atoms with E-state index >= 15 is 0 Å². The molecule has 3 N–H and O–H groups in total. The molecule has 0 aromatic heterocycles. The van der Waals surface area contributed by atoms with Gasteiger partial charge in [0.25, 0.3) is 0 Å². The van der Waals surface area contributed by atoms with Crippen molar-refractivity contribution in [1.82, 2.24) is 0 Å². The molecule has 0 amide bonds. The number of ether oxygens (including phenoxy) is 1. The summed E-state index contributed by atoms with van der Waals surface area (Å²) >= 11 is 0. The lowest BCUT2D eigenvalue weighted by Crippen LogP contribution is -2.15. The van der Waals surface area contributed by atoms with Crippen LogP contribution in [0.3, 0.4) is 0 Å². The van der Waals surface area contributed by atoms with Gasteiger partial charge in [-0.05, 0) is 5.56 Å². The summed E-state index contributed by atoms with van der Waals surface area (Å²) in [4.78, 5) is 10.8. The number of carbonyl (C=O) groups excluding carboxylic acids is 1. The van der Waals surface area contributed by atoms with Crippen molar-refractivity contribution in [3.05, 3.63) is 35.9 Å². The Bertz CT molecular complexity index is 295. The molecule has 0 aliphatic rings. The predicted octanol–water partition coefficient (Wildman–Crippen LogP) is -0.266. The molecule has 0 aliphatic carbocycles. The molecule has 0 spiro atoms. The highest BCUT2D eigenvalue weighted by Gasteiger charge is 1.99. The number of methoxy groups -OCH3 is 1. The Balaban J connectivity index is 0.000000366. The van der Waals surface area contributed by atoms with Crippen molar-refractivity contribution < 1.29 is 24.9 Å². The van der Waals surface area contributed by atoms with Crippen molar-refractivity contribution in [3.63, 3.8) is 0 Å². The first-order valence-electron chi connectivity index (χ1n) is 5.14. The van der Waals surface area contributed by atoms with Crippen LogP contribution in [0.1, 0.15) is 5.56 Å². The third-order valence-corrected chi connectivity index (χ3v) is 1.84. The summed E-state index contributed by atoms with van der Waals surface area (Å²) in [6.45, 7) is -0.729. The molecule has 0 unspecified atom stereocenters. The summed E-state index contributed by atoms with van der Waals surface area (Å²) < 4.78 is 4.52. The zero-order valence-electron chi connectivity index (χ0n) is 9.74. The molecular formula is C12H18O5. The van der Waals surface area contributed by atoms with Gasteiger partial charge in [-0.1, -0.05) is 30.3 Å². The van der Waals surface area contributed by atoms with Crippen LogP contribution in [0.2, 0.25) is 0 Å². The number of aliphatic hydroxyl groups excluding tert-OH is 3. The van der Waals surface area contributed by atoms with Gasteiger partial charge in [-0.3, -0.25) is 4.79 Å². The zero-order valence-corrected chi connectivity index (χ0v) is 9.74. The van der Waals surface area contributed by atoms with Gasteiger partial charge in [0.15, 0.2) is 0 Å². The van der Waals surface area contributed by atoms with E-state index in [0.717, 1.165) is 5.56 Å². The Morgan fingerprint density at radius 3 is 2.12 bits per heavy atom. The number of aliphatic hydroxyl groups is 3. The van der Waals surface area contributed by atoms with Crippen LogP contribution in [-0.4, -0.2) is 47.7 Å². The number of rotatable bonds is 4. The summed E-state index contributed by atoms with van der Waals surface area (Å²) in [5.74, 6) is -0.198. The third kappa shape index (κ3) is 8.38. The molecule has 0 radical (unpaired) electrons. The van der Waals surface area contributed by atoms with Crippen molar-refractivity contribution in [2.45, 2.75) is 12.5 Å². The lowest BCUT2D eigenvalue weighted by molar-refractivity contribution is -0.139. The van der Waals surface area contributed by atoms with Gasteiger partial charge in [-0.15, -0.1) is 0 Å². The van der Waals surface area contributed by atoms with Gasteiger partial charge >= 0.3 is 5.97 Å². The fourth-order valence-corrected chi connectivity index (χ4v) is 0.892. The zero-order chi connectivity index (χ0) is 13.1. The maximum Gasteiger partial charge on any atom is 0.309 e. The van der Waals surface area contributed by atoms with E-state index in [1.165, 1.54) is 7.11 Å². The minimum Gasteiger partial charge on any atom is -0.469 e.